The van der Waals surface area contributed by atoms with Gasteiger partial charge in [-0.25, -0.2) is 0 Å². The van der Waals surface area contributed by atoms with Crippen molar-refractivity contribution in [1.29, 1.82) is 0 Å². The van der Waals surface area contributed by atoms with Crippen LogP contribution in [0.4, 0.5) is 0 Å². The molecule has 0 aromatic heterocycles. The molecule has 1 amide bonds. The van der Waals surface area contributed by atoms with E-state index in [1.54, 1.807) is 0 Å². The summed E-state index contributed by atoms with van der Waals surface area (Å²) in [4.78, 5) is 28.4. The average molecular weight is 392 g/mol. The van der Waals surface area contributed by atoms with Crippen LogP contribution >= 0.6 is 0 Å². The summed E-state index contributed by atoms with van der Waals surface area (Å²) in [6.45, 7) is 11.4. The van der Waals surface area contributed by atoms with Crippen LogP contribution in [0.2, 0.25) is 0 Å². The molecule has 2 aliphatic heterocycles. The third-order valence-corrected chi connectivity index (χ3v) is 7.02. The standard InChI is InChI=1S/C22H33NO5/c1-12(2)23(13(3)4)20(24)19-16-6-7-22(26-8-9-27-22)11-15(16)10-17-18(19)14(5)28-21(17)25/h10,12-14,16-19H,6-9,11H2,1-5H3/t14-,16-,17-,18-,19+/m1/s1. The molecule has 156 valence electrons. The van der Waals surface area contributed by atoms with Gasteiger partial charge in [0.25, 0.3) is 0 Å². The lowest BCUT2D eigenvalue weighted by Crippen LogP contribution is -2.53. The molecule has 0 aromatic carbocycles. The molecular weight excluding hydrogens is 358 g/mol. The van der Waals surface area contributed by atoms with Crippen LogP contribution in [0.25, 0.3) is 0 Å². The molecule has 1 spiro atoms. The molecule has 6 nitrogen and oxygen atoms in total. The van der Waals surface area contributed by atoms with E-state index in [1.807, 2.05) is 11.8 Å². The Kier molecular flexibility index (Phi) is 5.07. The Hall–Kier alpha value is -1.40. The van der Waals surface area contributed by atoms with Crippen LogP contribution in [-0.2, 0) is 23.8 Å². The van der Waals surface area contributed by atoms with Crippen LogP contribution in [0.5, 0.6) is 0 Å². The number of carbonyl (C=O) groups excluding carboxylic acids is 2. The predicted molar refractivity (Wildman–Crippen MR) is 103 cm³/mol. The van der Waals surface area contributed by atoms with Gasteiger partial charge in [0.15, 0.2) is 5.79 Å². The lowest BCUT2D eigenvalue weighted by atomic mass is 9.61. The van der Waals surface area contributed by atoms with Gasteiger partial charge in [-0.15, -0.1) is 0 Å². The summed E-state index contributed by atoms with van der Waals surface area (Å²) in [7, 11) is 0. The molecule has 4 aliphatic rings. The van der Waals surface area contributed by atoms with Gasteiger partial charge in [-0.1, -0.05) is 11.6 Å². The van der Waals surface area contributed by atoms with Crippen LogP contribution in [0.15, 0.2) is 11.6 Å². The van der Waals surface area contributed by atoms with E-state index in [1.165, 1.54) is 0 Å². The largest absolute Gasteiger partial charge is 0.462 e. The summed E-state index contributed by atoms with van der Waals surface area (Å²) >= 11 is 0. The highest BCUT2D eigenvalue weighted by molar-refractivity contribution is 5.85. The lowest BCUT2D eigenvalue weighted by Gasteiger charge is -2.47. The molecule has 4 rings (SSSR count). The van der Waals surface area contributed by atoms with E-state index in [-0.39, 0.29) is 53.7 Å². The second kappa shape index (κ2) is 7.13. The third kappa shape index (κ3) is 3.09. The molecule has 28 heavy (non-hydrogen) atoms. The topological polar surface area (TPSA) is 65.1 Å². The minimum atomic E-state index is -0.563. The third-order valence-electron chi connectivity index (χ3n) is 7.02. The lowest BCUT2D eigenvalue weighted by molar-refractivity contribution is -0.177. The number of amides is 1. The fraction of sp³-hybridized carbons (Fsp3) is 0.818. The molecule has 2 heterocycles. The Morgan fingerprint density at radius 2 is 1.82 bits per heavy atom. The molecule has 3 fully saturated rings. The maximum absolute atomic E-state index is 13.8. The monoisotopic (exact) mass is 391 g/mol. The van der Waals surface area contributed by atoms with E-state index < -0.39 is 5.79 Å². The summed E-state index contributed by atoms with van der Waals surface area (Å²) < 4.78 is 17.5. The molecule has 0 N–H and O–H groups in total. The van der Waals surface area contributed by atoms with Gasteiger partial charge in [-0.05, 0) is 47.0 Å². The summed E-state index contributed by atoms with van der Waals surface area (Å²) in [5.74, 6) is -1.13. The van der Waals surface area contributed by atoms with Crippen molar-refractivity contribution in [2.24, 2.45) is 23.7 Å². The summed E-state index contributed by atoms with van der Waals surface area (Å²) in [6.07, 6.45) is 4.13. The highest BCUT2D eigenvalue weighted by atomic mass is 16.7. The van der Waals surface area contributed by atoms with E-state index >= 15 is 0 Å². The summed E-state index contributed by atoms with van der Waals surface area (Å²) in [5.41, 5.74) is 1.14. The fourth-order valence-corrected chi connectivity index (χ4v) is 6.02. The van der Waals surface area contributed by atoms with Gasteiger partial charge in [0.2, 0.25) is 5.91 Å². The first kappa shape index (κ1) is 19.9. The normalized spacial score (nSPS) is 36.3. The molecule has 0 bridgehead atoms. The fourth-order valence-electron chi connectivity index (χ4n) is 6.02. The van der Waals surface area contributed by atoms with Crippen molar-refractivity contribution >= 4 is 11.9 Å². The van der Waals surface area contributed by atoms with Crippen LogP contribution in [0.3, 0.4) is 0 Å². The first-order valence-corrected chi connectivity index (χ1v) is 10.8. The van der Waals surface area contributed by atoms with Gasteiger partial charge in [0.1, 0.15) is 6.10 Å². The minimum absolute atomic E-state index is 0.0896. The molecule has 0 unspecified atom stereocenters. The number of fused-ring (bicyclic) bond motifs is 2. The maximum Gasteiger partial charge on any atom is 0.313 e. The second-order valence-corrected chi connectivity index (χ2v) is 9.38. The van der Waals surface area contributed by atoms with E-state index in [0.29, 0.717) is 19.6 Å². The van der Waals surface area contributed by atoms with E-state index in [0.717, 1.165) is 18.4 Å². The molecule has 6 heteroatoms. The van der Waals surface area contributed by atoms with Gasteiger partial charge in [-0.2, -0.15) is 0 Å². The Labute approximate surface area is 167 Å². The quantitative estimate of drug-likeness (QED) is 0.547. The van der Waals surface area contributed by atoms with Crippen LogP contribution in [0.1, 0.15) is 53.9 Å². The van der Waals surface area contributed by atoms with Gasteiger partial charge < -0.3 is 19.1 Å². The Morgan fingerprint density at radius 1 is 1.18 bits per heavy atom. The zero-order valence-electron chi connectivity index (χ0n) is 17.6. The predicted octanol–water partition coefficient (Wildman–Crippen LogP) is 2.91. The van der Waals surface area contributed by atoms with E-state index in [9.17, 15) is 9.59 Å². The van der Waals surface area contributed by atoms with Crippen molar-refractivity contribution in [3.8, 4) is 0 Å². The smallest absolute Gasteiger partial charge is 0.313 e. The Morgan fingerprint density at radius 3 is 2.43 bits per heavy atom. The van der Waals surface area contributed by atoms with Crippen molar-refractivity contribution < 1.29 is 23.8 Å². The highest BCUT2D eigenvalue weighted by Crippen LogP contribution is 2.53. The minimum Gasteiger partial charge on any atom is -0.462 e. The molecule has 2 saturated heterocycles. The highest BCUT2D eigenvalue weighted by Gasteiger charge is 2.57. The molecular formula is C22H33NO5. The zero-order chi connectivity index (χ0) is 20.2. The van der Waals surface area contributed by atoms with Crippen molar-refractivity contribution in [3.63, 3.8) is 0 Å². The van der Waals surface area contributed by atoms with Gasteiger partial charge in [-0.3, -0.25) is 9.59 Å². The number of hydrogen-bond acceptors (Lipinski definition) is 5. The summed E-state index contributed by atoms with van der Waals surface area (Å²) in [5, 5.41) is 0. The summed E-state index contributed by atoms with van der Waals surface area (Å²) in [6, 6.07) is 0.232. The number of ether oxygens (including phenoxy) is 3. The first-order valence-electron chi connectivity index (χ1n) is 10.8. The average Bonchev–Trinajstić information content (AvgIpc) is 3.17. The van der Waals surface area contributed by atoms with Crippen LogP contribution in [-0.4, -0.2) is 54.0 Å². The van der Waals surface area contributed by atoms with Gasteiger partial charge >= 0.3 is 5.97 Å². The van der Waals surface area contributed by atoms with Gasteiger partial charge in [0, 0.05) is 30.8 Å². The Bertz CT molecular complexity index is 670. The van der Waals surface area contributed by atoms with Gasteiger partial charge in [0.05, 0.1) is 25.0 Å². The number of carbonyl (C=O) groups is 2. The zero-order valence-corrected chi connectivity index (χ0v) is 17.6. The molecule has 0 aromatic rings. The van der Waals surface area contributed by atoms with Crippen LogP contribution < -0.4 is 0 Å². The number of cyclic esters (lactones) is 1. The maximum atomic E-state index is 13.8. The van der Waals surface area contributed by atoms with E-state index in [4.69, 9.17) is 14.2 Å². The molecule has 0 radical (unpaired) electrons. The van der Waals surface area contributed by atoms with Crippen molar-refractivity contribution in [2.45, 2.75) is 77.9 Å². The number of esters is 1. The number of nitrogens with zero attached hydrogens (tertiary/aromatic N) is 1. The Balaban J connectivity index is 1.71. The van der Waals surface area contributed by atoms with Crippen molar-refractivity contribution in [3.05, 3.63) is 11.6 Å². The van der Waals surface area contributed by atoms with E-state index in [2.05, 4.69) is 33.8 Å². The SMILES string of the molecule is CC(C)N(C(=O)[C@@H]1[C@@H]2[C@@H](C)OC(=O)[C@@H]2C=C2CC3(CC[C@H]21)OCCO3)C(C)C. The molecule has 5 atom stereocenters. The van der Waals surface area contributed by atoms with Crippen molar-refractivity contribution in [1.82, 2.24) is 4.90 Å². The van der Waals surface area contributed by atoms with Crippen LogP contribution in [0, 0.1) is 23.7 Å². The second-order valence-electron chi connectivity index (χ2n) is 9.38. The number of hydrogen-bond donors (Lipinski definition) is 0. The number of rotatable bonds is 3. The molecule has 2 aliphatic carbocycles. The molecule has 1 saturated carbocycles. The van der Waals surface area contributed by atoms with Crippen molar-refractivity contribution in [2.75, 3.05) is 13.2 Å². The first-order chi connectivity index (χ1) is 13.2.